The largest absolute Gasteiger partial charge is 0.370 e. The number of nitrogens with one attached hydrogen (secondary N) is 2. The Morgan fingerprint density at radius 1 is 1.04 bits per heavy atom. The van der Waals surface area contributed by atoms with E-state index >= 15 is 0 Å². The molecule has 1 aromatic heterocycles. The molecule has 26 heavy (non-hydrogen) atoms. The van der Waals surface area contributed by atoms with Crippen LogP contribution < -0.4 is 10.6 Å². The van der Waals surface area contributed by atoms with Crippen molar-refractivity contribution in [3.63, 3.8) is 0 Å². The maximum absolute atomic E-state index is 12.3. The van der Waals surface area contributed by atoms with Crippen molar-refractivity contribution in [2.24, 2.45) is 0 Å². The summed E-state index contributed by atoms with van der Waals surface area (Å²) in [7, 11) is 0. The summed E-state index contributed by atoms with van der Waals surface area (Å²) in [5.74, 6) is 0.347. The summed E-state index contributed by atoms with van der Waals surface area (Å²) < 4.78 is 0. The number of anilines is 2. The highest BCUT2D eigenvalue weighted by Crippen LogP contribution is 2.12. The second-order valence-corrected chi connectivity index (χ2v) is 6.35. The molecule has 0 saturated carbocycles. The Bertz CT molecular complexity index is 879. The highest BCUT2D eigenvalue weighted by molar-refractivity contribution is 6.30. The molecule has 3 rings (SSSR count). The lowest BCUT2D eigenvalue weighted by Gasteiger charge is -2.08. The first kappa shape index (κ1) is 17.9. The van der Waals surface area contributed by atoms with Gasteiger partial charge in [0.2, 0.25) is 0 Å². The summed E-state index contributed by atoms with van der Waals surface area (Å²) in [6.07, 6.45) is 2.21. The third-order valence-electron chi connectivity index (χ3n) is 3.84. The molecule has 0 spiro atoms. The van der Waals surface area contributed by atoms with Crippen LogP contribution in [0.2, 0.25) is 5.02 Å². The monoisotopic (exact) mass is 366 g/mol. The van der Waals surface area contributed by atoms with Crippen molar-refractivity contribution < 1.29 is 4.79 Å². The van der Waals surface area contributed by atoms with Crippen LogP contribution in [-0.2, 0) is 6.42 Å². The van der Waals surface area contributed by atoms with Crippen LogP contribution in [0.15, 0.2) is 60.9 Å². The molecule has 0 fully saturated rings. The van der Waals surface area contributed by atoms with Crippen molar-refractivity contribution in [2.75, 3.05) is 17.2 Å². The molecule has 5 nitrogen and oxygen atoms in total. The van der Waals surface area contributed by atoms with Gasteiger partial charge in [-0.3, -0.25) is 4.79 Å². The van der Waals surface area contributed by atoms with Crippen LogP contribution in [0.4, 0.5) is 11.5 Å². The normalized spacial score (nSPS) is 10.4. The fourth-order valence-corrected chi connectivity index (χ4v) is 2.52. The van der Waals surface area contributed by atoms with Crippen molar-refractivity contribution in [3.8, 4) is 0 Å². The molecule has 0 radical (unpaired) electrons. The molecule has 1 heterocycles. The Morgan fingerprint density at radius 2 is 1.77 bits per heavy atom. The minimum atomic E-state index is -0.267. The topological polar surface area (TPSA) is 66.9 Å². The third-order valence-corrected chi connectivity index (χ3v) is 4.09. The van der Waals surface area contributed by atoms with Crippen molar-refractivity contribution in [2.45, 2.75) is 13.3 Å². The van der Waals surface area contributed by atoms with Crippen LogP contribution in [0.1, 0.15) is 21.6 Å². The van der Waals surface area contributed by atoms with Gasteiger partial charge in [0.25, 0.3) is 5.91 Å². The van der Waals surface area contributed by atoms with Gasteiger partial charge in [-0.2, -0.15) is 0 Å². The zero-order valence-electron chi connectivity index (χ0n) is 14.4. The van der Waals surface area contributed by atoms with Gasteiger partial charge in [-0.1, -0.05) is 41.4 Å². The van der Waals surface area contributed by atoms with Crippen LogP contribution in [-0.4, -0.2) is 22.4 Å². The maximum atomic E-state index is 12.3. The molecule has 0 aliphatic rings. The summed E-state index contributed by atoms with van der Waals surface area (Å²) in [6, 6.07) is 17.0. The number of halogens is 1. The number of amides is 1. The summed E-state index contributed by atoms with van der Waals surface area (Å²) >= 11 is 5.88. The van der Waals surface area contributed by atoms with Gasteiger partial charge >= 0.3 is 0 Å². The van der Waals surface area contributed by atoms with Gasteiger partial charge in [0.05, 0.1) is 0 Å². The summed E-state index contributed by atoms with van der Waals surface area (Å²) in [4.78, 5) is 20.6. The van der Waals surface area contributed by atoms with E-state index < -0.39 is 0 Å². The molecule has 2 N–H and O–H groups in total. The number of aryl methyl sites for hydroxylation is 1. The molecule has 0 aliphatic heterocycles. The minimum absolute atomic E-state index is 0.267. The number of rotatable bonds is 6. The van der Waals surface area contributed by atoms with Crippen LogP contribution in [0, 0.1) is 6.92 Å². The average molecular weight is 367 g/mol. The average Bonchev–Trinajstić information content (AvgIpc) is 2.65. The zero-order chi connectivity index (χ0) is 18.4. The van der Waals surface area contributed by atoms with Crippen LogP contribution in [0.25, 0.3) is 0 Å². The molecule has 0 atom stereocenters. The van der Waals surface area contributed by atoms with Gasteiger partial charge in [0.1, 0.15) is 17.8 Å². The first-order valence-corrected chi connectivity index (χ1v) is 8.66. The van der Waals surface area contributed by atoms with Gasteiger partial charge < -0.3 is 10.6 Å². The van der Waals surface area contributed by atoms with Crippen molar-refractivity contribution in [3.05, 3.63) is 82.8 Å². The lowest BCUT2D eigenvalue weighted by atomic mass is 10.1. The summed E-state index contributed by atoms with van der Waals surface area (Å²) in [5, 5.41) is 6.76. The number of hydrogen-bond donors (Lipinski definition) is 2. The van der Waals surface area contributed by atoms with Crippen molar-refractivity contribution in [1.82, 2.24) is 9.97 Å². The smallest absolute Gasteiger partial charge is 0.274 e. The van der Waals surface area contributed by atoms with Crippen LogP contribution in [0.5, 0.6) is 0 Å². The van der Waals surface area contributed by atoms with Crippen molar-refractivity contribution in [1.29, 1.82) is 0 Å². The number of carbonyl (C=O) groups is 1. The number of nitrogens with zero attached hydrogens (tertiary/aromatic N) is 2. The van der Waals surface area contributed by atoms with Crippen LogP contribution in [0.3, 0.4) is 0 Å². The molecule has 0 unspecified atom stereocenters. The van der Waals surface area contributed by atoms with Crippen molar-refractivity contribution >= 4 is 29.0 Å². The molecule has 132 valence electrons. The third kappa shape index (κ3) is 5.04. The highest BCUT2D eigenvalue weighted by Gasteiger charge is 2.09. The molecule has 3 aromatic rings. The Kier molecular flexibility index (Phi) is 5.81. The molecule has 2 aromatic carbocycles. The second kappa shape index (κ2) is 8.45. The van der Waals surface area contributed by atoms with E-state index in [1.165, 1.54) is 11.9 Å². The summed E-state index contributed by atoms with van der Waals surface area (Å²) in [6.45, 7) is 2.69. The van der Waals surface area contributed by atoms with Crippen LogP contribution >= 0.6 is 11.6 Å². The molecule has 1 amide bonds. The predicted molar refractivity (Wildman–Crippen MR) is 105 cm³/mol. The van der Waals surface area contributed by atoms with Gasteiger partial charge in [-0.05, 0) is 43.2 Å². The van der Waals surface area contributed by atoms with E-state index in [9.17, 15) is 4.79 Å². The molecule has 0 aliphatic carbocycles. The van der Waals surface area contributed by atoms with Gasteiger partial charge in [-0.25, -0.2) is 9.97 Å². The maximum Gasteiger partial charge on any atom is 0.274 e. The fourth-order valence-electron chi connectivity index (χ4n) is 2.40. The first-order valence-electron chi connectivity index (χ1n) is 8.28. The van der Waals surface area contributed by atoms with Gasteiger partial charge in [0, 0.05) is 23.3 Å². The number of aromatic nitrogens is 2. The van der Waals surface area contributed by atoms with E-state index in [0.717, 1.165) is 22.7 Å². The fraction of sp³-hybridized carbons (Fsp3) is 0.150. The SMILES string of the molecule is Cc1ccc(NC(=O)c2cc(NCCc3ccc(Cl)cc3)ncn2)cc1. The highest BCUT2D eigenvalue weighted by atomic mass is 35.5. The zero-order valence-corrected chi connectivity index (χ0v) is 15.1. The Morgan fingerprint density at radius 3 is 2.50 bits per heavy atom. The first-order chi connectivity index (χ1) is 12.6. The van der Waals surface area contributed by atoms with Gasteiger partial charge in [-0.15, -0.1) is 0 Å². The van der Waals surface area contributed by atoms with E-state index in [1.54, 1.807) is 6.07 Å². The minimum Gasteiger partial charge on any atom is -0.370 e. The van der Waals surface area contributed by atoms with Gasteiger partial charge in [0.15, 0.2) is 0 Å². The standard InChI is InChI=1S/C20H19ClN4O/c1-14-2-8-17(9-3-14)25-20(26)18-12-19(24-13-23-18)22-11-10-15-4-6-16(21)7-5-15/h2-9,12-13H,10-11H2,1H3,(H,25,26)(H,22,23,24). The van der Waals surface area contributed by atoms with E-state index in [4.69, 9.17) is 11.6 Å². The van der Waals surface area contributed by atoms with E-state index in [2.05, 4.69) is 20.6 Å². The van der Waals surface area contributed by atoms with E-state index in [1.807, 2.05) is 55.5 Å². The molecule has 0 bridgehead atoms. The lowest BCUT2D eigenvalue weighted by molar-refractivity contribution is 0.102. The molecule has 0 saturated heterocycles. The Labute approximate surface area is 157 Å². The Hall–Kier alpha value is -2.92. The second-order valence-electron chi connectivity index (χ2n) is 5.91. The summed E-state index contributed by atoms with van der Waals surface area (Å²) in [5.41, 5.74) is 3.36. The molecule has 6 heteroatoms. The predicted octanol–water partition coefficient (Wildman–Crippen LogP) is 4.35. The quantitative estimate of drug-likeness (QED) is 0.680. The Balaban J connectivity index is 1.57. The van der Waals surface area contributed by atoms with E-state index in [-0.39, 0.29) is 5.91 Å². The molecular formula is C20H19ClN4O. The number of carbonyl (C=O) groups excluding carboxylic acids is 1. The number of hydrogen-bond acceptors (Lipinski definition) is 4. The van der Waals surface area contributed by atoms with E-state index in [0.29, 0.717) is 18.1 Å². The molecular weight excluding hydrogens is 348 g/mol. The number of benzene rings is 2. The lowest BCUT2D eigenvalue weighted by Crippen LogP contribution is -2.15.